The van der Waals surface area contributed by atoms with Crippen LogP contribution in [0.3, 0.4) is 0 Å². The molecule has 0 unspecified atom stereocenters. The van der Waals surface area contributed by atoms with Gasteiger partial charge < -0.3 is 0 Å². The van der Waals surface area contributed by atoms with E-state index < -0.39 is 15.5 Å². The fraction of sp³-hybridized carbons (Fsp3) is 0.444. The van der Waals surface area contributed by atoms with E-state index in [9.17, 15) is 8.60 Å². The van der Waals surface area contributed by atoms with Gasteiger partial charge in [0.15, 0.2) is 11.6 Å². The molecule has 1 aromatic heterocycles. The summed E-state index contributed by atoms with van der Waals surface area (Å²) in [7, 11) is -2.34. The number of hydrogen-bond acceptors (Lipinski definition) is 3. The molecule has 0 bridgehead atoms. The van der Waals surface area contributed by atoms with Crippen molar-refractivity contribution in [3.63, 3.8) is 0 Å². The molecule has 14 heavy (non-hydrogen) atoms. The van der Waals surface area contributed by atoms with E-state index in [0.29, 0.717) is 11.3 Å². The van der Waals surface area contributed by atoms with Gasteiger partial charge in [-0.15, -0.1) is 0 Å². The summed E-state index contributed by atoms with van der Waals surface area (Å²) in [6.45, 7) is 3.37. The summed E-state index contributed by atoms with van der Waals surface area (Å²) in [5.74, 6) is -0.155. The number of rotatable bonds is 2. The zero-order valence-electron chi connectivity index (χ0n) is 8.45. The predicted octanol–water partition coefficient (Wildman–Crippen LogP) is 2.28. The van der Waals surface area contributed by atoms with Gasteiger partial charge in [-0.2, -0.15) is 4.36 Å². The normalized spacial score (nSPS) is 14.9. The van der Waals surface area contributed by atoms with Crippen molar-refractivity contribution < 1.29 is 8.60 Å². The molecule has 0 N–H and O–H groups in total. The third-order valence-corrected chi connectivity index (χ3v) is 3.51. The van der Waals surface area contributed by atoms with Gasteiger partial charge in [-0.1, -0.05) is 6.92 Å². The molecule has 0 aliphatic heterocycles. The summed E-state index contributed by atoms with van der Waals surface area (Å²) in [6, 6.07) is 1.55. The van der Waals surface area contributed by atoms with Gasteiger partial charge in [-0.25, -0.2) is 13.6 Å². The number of nitrogens with zero attached hydrogens (tertiary/aromatic N) is 2. The van der Waals surface area contributed by atoms with E-state index in [0.717, 1.165) is 0 Å². The minimum absolute atomic E-state index is 0.0562. The first-order valence-corrected chi connectivity index (χ1v) is 6.36. The molecule has 5 heteroatoms. The Morgan fingerprint density at radius 1 is 1.64 bits per heavy atom. The van der Waals surface area contributed by atoms with Gasteiger partial charge in [0.05, 0.1) is 9.73 Å². The van der Waals surface area contributed by atoms with Crippen LogP contribution in [0.15, 0.2) is 16.6 Å². The SMILES string of the molecule is CC[S@@](C)(=O)=Nc1nccc(C)c1F. The molecule has 78 valence electrons. The van der Waals surface area contributed by atoms with Crippen LogP contribution >= 0.6 is 0 Å². The van der Waals surface area contributed by atoms with E-state index in [-0.39, 0.29) is 5.82 Å². The lowest BCUT2D eigenvalue weighted by Gasteiger charge is -2.01. The Labute approximate surface area is 83.6 Å². The minimum atomic E-state index is -2.34. The second kappa shape index (κ2) is 4.04. The highest BCUT2D eigenvalue weighted by Gasteiger charge is 2.07. The van der Waals surface area contributed by atoms with Crippen molar-refractivity contribution in [3.05, 3.63) is 23.6 Å². The fourth-order valence-corrected chi connectivity index (χ4v) is 1.46. The van der Waals surface area contributed by atoms with Crippen LogP contribution in [0.4, 0.5) is 10.2 Å². The Balaban J connectivity index is 3.29. The van der Waals surface area contributed by atoms with E-state index >= 15 is 0 Å². The smallest absolute Gasteiger partial charge is 0.197 e. The van der Waals surface area contributed by atoms with Crippen LogP contribution in [0.1, 0.15) is 12.5 Å². The number of hydrogen-bond donors (Lipinski definition) is 0. The zero-order chi connectivity index (χ0) is 10.8. The maximum absolute atomic E-state index is 13.4. The van der Waals surface area contributed by atoms with Gasteiger partial charge in [0.1, 0.15) is 0 Å². The number of pyridine rings is 1. The highest BCUT2D eigenvalue weighted by atomic mass is 32.2. The van der Waals surface area contributed by atoms with Crippen LogP contribution in [-0.2, 0) is 9.73 Å². The topological polar surface area (TPSA) is 42.3 Å². The average Bonchev–Trinajstić information content (AvgIpc) is 2.13. The largest absolute Gasteiger partial charge is 0.250 e. The molecule has 0 radical (unpaired) electrons. The molecule has 0 aliphatic carbocycles. The van der Waals surface area contributed by atoms with E-state index in [2.05, 4.69) is 9.35 Å². The molecule has 0 amide bonds. The number of aromatic nitrogens is 1. The maximum Gasteiger partial charge on any atom is 0.197 e. The van der Waals surface area contributed by atoms with Gasteiger partial charge >= 0.3 is 0 Å². The average molecular weight is 216 g/mol. The summed E-state index contributed by atoms with van der Waals surface area (Å²) in [6.07, 6.45) is 2.96. The van der Waals surface area contributed by atoms with Crippen LogP contribution < -0.4 is 0 Å². The first-order chi connectivity index (χ1) is 6.46. The van der Waals surface area contributed by atoms with Gasteiger partial charge in [0, 0.05) is 18.2 Å². The number of aryl methyl sites for hydroxylation is 1. The molecular weight excluding hydrogens is 203 g/mol. The first-order valence-electron chi connectivity index (χ1n) is 4.27. The molecule has 0 aliphatic rings. The van der Waals surface area contributed by atoms with Crippen molar-refractivity contribution >= 4 is 15.5 Å². The summed E-state index contributed by atoms with van der Waals surface area (Å²) in [4.78, 5) is 3.75. The van der Waals surface area contributed by atoms with Crippen LogP contribution in [0.25, 0.3) is 0 Å². The van der Waals surface area contributed by atoms with Crippen molar-refractivity contribution in [2.45, 2.75) is 13.8 Å². The second-order valence-electron chi connectivity index (χ2n) is 3.10. The van der Waals surface area contributed by atoms with Crippen LogP contribution in [0.2, 0.25) is 0 Å². The highest BCUT2D eigenvalue weighted by Crippen LogP contribution is 2.18. The molecule has 1 rings (SSSR count). The fourth-order valence-electron chi connectivity index (χ4n) is 0.837. The molecule has 1 heterocycles. The molecule has 0 fully saturated rings. The summed E-state index contributed by atoms with van der Waals surface area (Å²) in [5.41, 5.74) is 0.463. The highest BCUT2D eigenvalue weighted by molar-refractivity contribution is 7.93. The van der Waals surface area contributed by atoms with Crippen molar-refractivity contribution in [2.24, 2.45) is 4.36 Å². The van der Waals surface area contributed by atoms with Gasteiger partial charge in [-0.05, 0) is 18.6 Å². The molecule has 3 nitrogen and oxygen atoms in total. The van der Waals surface area contributed by atoms with Crippen molar-refractivity contribution in [1.82, 2.24) is 4.98 Å². The summed E-state index contributed by atoms with van der Waals surface area (Å²) >= 11 is 0. The van der Waals surface area contributed by atoms with Crippen LogP contribution in [0, 0.1) is 12.7 Å². The van der Waals surface area contributed by atoms with Gasteiger partial charge in [-0.3, -0.25) is 0 Å². The van der Waals surface area contributed by atoms with Crippen LogP contribution in [0.5, 0.6) is 0 Å². The van der Waals surface area contributed by atoms with Crippen molar-refractivity contribution in [3.8, 4) is 0 Å². The molecule has 0 saturated carbocycles. The lowest BCUT2D eigenvalue weighted by atomic mass is 10.3. The third kappa shape index (κ3) is 2.51. The molecule has 1 aromatic rings. The monoisotopic (exact) mass is 216 g/mol. The van der Waals surface area contributed by atoms with E-state index in [1.54, 1.807) is 19.9 Å². The molecule has 1 atom stereocenters. The Kier molecular flexibility index (Phi) is 3.21. The van der Waals surface area contributed by atoms with E-state index in [4.69, 9.17) is 0 Å². The number of halogens is 1. The van der Waals surface area contributed by atoms with Gasteiger partial charge in [0.25, 0.3) is 0 Å². The maximum atomic E-state index is 13.4. The van der Waals surface area contributed by atoms with Crippen LogP contribution in [-0.4, -0.2) is 21.2 Å². The molecular formula is C9H13FN2OS. The quantitative estimate of drug-likeness (QED) is 0.761. The summed E-state index contributed by atoms with van der Waals surface area (Å²) in [5, 5.41) is 0. The Morgan fingerprint density at radius 3 is 2.86 bits per heavy atom. The standard InChI is InChI=1S/C9H13FN2OS/c1-4-14(3,13)12-9-8(10)7(2)5-6-11-9/h5-6H,4H2,1-3H3/t14-/m1/s1. The molecule has 0 spiro atoms. The lowest BCUT2D eigenvalue weighted by Crippen LogP contribution is -1.99. The van der Waals surface area contributed by atoms with Crippen molar-refractivity contribution in [2.75, 3.05) is 12.0 Å². The Hall–Kier alpha value is -0.970. The predicted molar refractivity (Wildman–Crippen MR) is 55.6 cm³/mol. The molecule has 0 saturated heterocycles. The zero-order valence-corrected chi connectivity index (χ0v) is 9.27. The van der Waals surface area contributed by atoms with Crippen molar-refractivity contribution in [1.29, 1.82) is 0 Å². The van der Waals surface area contributed by atoms with Gasteiger partial charge in [0.2, 0.25) is 0 Å². The lowest BCUT2D eigenvalue weighted by molar-refractivity contribution is 0.614. The Bertz CT molecular complexity index is 450. The Morgan fingerprint density at radius 2 is 2.29 bits per heavy atom. The minimum Gasteiger partial charge on any atom is -0.250 e. The van der Waals surface area contributed by atoms with E-state index in [1.165, 1.54) is 12.5 Å². The molecule has 0 aromatic carbocycles. The first kappa shape index (κ1) is 11.1. The second-order valence-corrected chi connectivity index (χ2v) is 5.78. The summed E-state index contributed by atoms with van der Waals surface area (Å²) < 4.78 is 28.8. The third-order valence-electron chi connectivity index (χ3n) is 1.88. The van der Waals surface area contributed by atoms with E-state index in [1.807, 2.05) is 0 Å².